The van der Waals surface area contributed by atoms with Crippen molar-refractivity contribution in [3.8, 4) is 11.5 Å². The van der Waals surface area contributed by atoms with Gasteiger partial charge in [-0.05, 0) is 12.1 Å². The fourth-order valence-electron chi connectivity index (χ4n) is 1.50. The van der Waals surface area contributed by atoms with Gasteiger partial charge < -0.3 is 14.8 Å². The van der Waals surface area contributed by atoms with Gasteiger partial charge in [0.05, 0.1) is 0 Å². The minimum Gasteiger partial charge on any atom is -0.449 e. The van der Waals surface area contributed by atoms with E-state index in [1.54, 1.807) is 19.2 Å². The van der Waals surface area contributed by atoms with E-state index in [0.29, 0.717) is 11.5 Å². The normalized spacial score (nSPS) is 16.5. The average molecular weight is 261 g/mol. The van der Waals surface area contributed by atoms with Gasteiger partial charge in [0.15, 0.2) is 11.5 Å². The molecule has 0 unspecified atom stereocenters. The number of carbonyl (C=O) groups is 1. The molecule has 0 aromatic heterocycles. The van der Waals surface area contributed by atoms with Gasteiger partial charge in [-0.1, -0.05) is 0 Å². The molecule has 1 aromatic rings. The molecule has 18 heavy (non-hydrogen) atoms. The lowest BCUT2D eigenvalue weighted by molar-refractivity contribution is -0.167. The van der Waals surface area contributed by atoms with Crippen LogP contribution in [0.1, 0.15) is 13.8 Å². The van der Waals surface area contributed by atoms with Gasteiger partial charge in [-0.3, -0.25) is 4.79 Å². The Bertz CT molecular complexity index is 497. The van der Waals surface area contributed by atoms with Crippen molar-refractivity contribution in [2.45, 2.75) is 25.8 Å². The van der Waals surface area contributed by atoms with Crippen LogP contribution >= 0.6 is 0 Å². The third-order valence-electron chi connectivity index (χ3n) is 2.17. The molecule has 98 valence electrons. The Labute approximate surface area is 101 Å². The van der Waals surface area contributed by atoms with E-state index in [1.165, 1.54) is 18.2 Å². The van der Waals surface area contributed by atoms with E-state index < -0.39 is 17.9 Å². The van der Waals surface area contributed by atoms with Crippen molar-refractivity contribution < 1.29 is 27.4 Å². The maximum atomic E-state index is 12.1. The summed E-state index contributed by atoms with van der Waals surface area (Å²) in [5, 5.41) is 1.74. The molecular weight excluding hydrogens is 251 g/mol. The van der Waals surface area contributed by atoms with Crippen LogP contribution in [0, 0.1) is 0 Å². The van der Waals surface area contributed by atoms with Crippen molar-refractivity contribution in [3.05, 3.63) is 18.2 Å². The fraction of sp³-hybridized carbons (Fsp3) is 0.364. The average Bonchev–Trinajstić information content (AvgIpc) is 2.49. The van der Waals surface area contributed by atoms with Gasteiger partial charge in [-0.2, -0.15) is 13.2 Å². The summed E-state index contributed by atoms with van der Waals surface area (Å²) in [6.07, 6.45) is -4.92. The maximum Gasteiger partial charge on any atom is 0.471 e. The zero-order valence-corrected chi connectivity index (χ0v) is 9.59. The van der Waals surface area contributed by atoms with Crippen LogP contribution in [0.4, 0.5) is 18.9 Å². The van der Waals surface area contributed by atoms with Gasteiger partial charge in [0.25, 0.3) is 0 Å². The van der Waals surface area contributed by atoms with Crippen molar-refractivity contribution in [2.24, 2.45) is 0 Å². The minimum absolute atomic E-state index is 0.00243. The molecule has 1 aliphatic heterocycles. The number of anilines is 1. The van der Waals surface area contributed by atoms with Gasteiger partial charge in [-0.25, -0.2) is 0 Å². The number of carbonyl (C=O) groups excluding carboxylic acids is 1. The standard InChI is InChI=1S/C11H10F3NO3/c1-10(2)17-7-4-3-6(5-8(7)18-10)15-9(16)11(12,13)14/h3-5H,1-2H3,(H,15,16). The Morgan fingerprint density at radius 3 is 2.44 bits per heavy atom. The number of alkyl halides is 3. The molecule has 2 rings (SSSR count). The summed E-state index contributed by atoms with van der Waals surface area (Å²) in [5.41, 5.74) is -0.00243. The van der Waals surface area contributed by atoms with Crippen molar-refractivity contribution in [1.82, 2.24) is 0 Å². The van der Waals surface area contributed by atoms with E-state index in [0.717, 1.165) is 0 Å². The van der Waals surface area contributed by atoms with Gasteiger partial charge in [-0.15, -0.1) is 0 Å². The topological polar surface area (TPSA) is 47.6 Å². The number of hydrogen-bond donors (Lipinski definition) is 1. The number of rotatable bonds is 1. The molecule has 0 fully saturated rings. The van der Waals surface area contributed by atoms with Crippen LogP contribution < -0.4 is 14.8 Å². The molecular formula is C11H10F3NO3. The number of hydrogen-bond acceptors (Lipinski definition) is 3. The van der Waals surface area contributed by atoms with Crippen molar-refractivity contribution in [1.29, 1.82) is 0 Å². The molecule has 4 nitrogen and oxygen atoms in total. The first-order chi connectivity index (χ1) is 8.17. The van der Waals surface area contributed by atoms with Crippen LogP contribution in [0.25, 0.3) is 0 Å². The van der Waals surface area contributed by atoms with Gasteiger partial charge in [0.1, 0.15) is 0 Å². The van der Waals surface area contributed by atoms with Crippen LogP contribution in [-0.4, -0.2) is 17.9 Å². The van der Waals surface area contributed by atoms with Crippen molar-refractivity contribution >= 4 is 11.6 Å². The molecule has 7 heteroatoms. The van der Waals surface area contributed by atoms with E-state index in [1.807, 2.05) is 0 Å². The Morgan fingerprint density at radius 2 is 1.83 bits per heavy atom. The number of benzene rings is 1. The van der Waals surface area contributed by atoms with Crippen LogP contribution in [0.5, 0.6) is 11.5 Å². The monoisotopic (exact) mass is 261 g/mol. The Kier molecular flexibility index (Phi) is 2.64. The van der Waals surface area contributed by atoms with Crippen LogP contribution in [0.3, 0.4) is 0 Å². The summed E-state index contributed by atoms with van der Waals surface area (Å²) in [4.78, 5) is 10.8. The number of halogens is 3. The quantitative estimate of drug-likeness (QED) is 0.845. The summed E-state index contributed by atoms with van der Waals surface area (Å²) in [5.74, 6) is -2.18. The third kappa shape index (κ3) is 2.49. The van der Waals surface area contributed by atoms with Gasteiger partial charge in [0, 0.05) is 25.6 Å². The summed E-state index contributed by atoms with van der Waals surface area (Å²) in [7, 11) is 0. The number of ether oxygens (including phenoxy) is 2. The molecule has 0 saturated heterocycles. The number of fused-ring (bicyclic) bond motifs is 1. The van der Waals surface area contributed by atoms with E-state index >= 15 is 0 Å². The molecule has 0 radical (unpaired) electrons. The van der Waals surface area contributed by atoms with Crippen LogP contribution in [0.2, 0.25) is 0 Å². The van der Waals surface area contributed by atoms with E-state index in [4.69, 9.17) is 9.47 Å². The second-order valence-electron chi connectivity index (χ2n) is 4.22. The Morgan fingerprint density at radius 1 is 1.22 bits per heavy atom. The van der Waals surface area contributed by atoms with Crippen LogP contribution in [0.15, 0.2) is 18.2 Å². The highest BCUT2D eigenvalue weighted by molar-refractivity contribution is 5.95. The molecule has 1 amide bonds. The predicted molar refractivity (Wildman–Crippen MR) is 56.5 cm³/mol. The first-order valence-electron chi connectivity index (χ1n) is 5.08. The molecule has 0 atom stereocenters. The lowest BCUT2D eigenvalue weighted by Gasteiger charge is -2.16. The van der Waals surface area contributed by atoms with E-state index in [2.05, 4.69) is 0 Å². The fourth-order valence-corrected chi connectivity index (χ4v) is 1.50. The predicted octanol–water partition coefficient (Wildman–Crippen LogP) is 2.69. The highest BCUT2D eigenvalue weighted by Gasteiger charge is 2.39. The molecule has 0 aliphatic carbocycles. The summed E-state index contributed by atoms with van der Waals surface area (Å²) in [6.45, 7) is 3.34. The highest BCUT2D eigenvalue weighted by Crippen LogP contribution is 2.40. The Balaban J connectivity index is 2.17. The number of nitrogens with one attached hydrogen (secondary N) is 1. The number of amides is 1. The first kappa shape index (κ1) is 12.5. The molecule has 1 heterocycles. The largest absolute Gasteiger partial charge is 0.471 e. The molecule has 1 aromatic carbocycles. The first-order valence-corrected chi connectivity index (χ1v) is 5.08. The second-order valence-corrected chi connectivity index (χ2v) is 4.22. The summed E-state index contributed by atoms with van der Waals surface area (Å²) < 4.78 is 46.9. The van der Waals surface area contributed by atoms with Crippen molar-refractivity contribution in [3.63, 3.8) is 0 Å². The van der Waals surface area contributed by atoms with Gasteiger partial charge >= 0.3 is 12.1 Å². The van der Waals surface area contributed by atoms with Crippen molar-refractivity contribution in [2.75, 3.05) is 5.32 Å². The lowest BCUT2D eigenvalue weighted by Crippen LogP contribution is -2.30. The zero-order chi connectivity index (χ0) is 13.6. The Hall–Kier alpha value is -1.92. The SMILES string of the molecule is CC1(C)Oc2ccc(NC(=O)C(F)(F)F)cc2O1. The lowest BCUT2D eigenvalue weighted by atomic mass is 10.3. The van der Waals surface area contributed by atoms with E-state index in [9.17, 15) is 18.0 Å². The van der Waals surface area contributed by atoms with E-state index in [-0.39, 0.29) is 5.69 Å². The summed E-state index contributed by atoms with van der Waals surface area (Å²) >= 11 is 0. The smallest absolute Gasteiger partial charge is 0.449 e. The summed E-state index contributed by atoms with van der Waals surface area (Å²) in [6, 6.07) is 4.04. The molecule has 0 saturated carbocycles. The zero-order valence-electron chi connectivity index (χ0n) is 9.59. The third-order valence-corrected chi connectivity index (χ3v) is 2.17. The second kappa shape index (κ2) is 3.79. The molecule has 0 spiro atoms. The van der Waals surface area contributed by atoms with Gasteiger partial charge in [0.2, 0.25) is 5.79 Å². The van der Waals surface area contributed by atoms with Crippen LogP contribution in [-0.2, 0) is 4.79 Å². The minimum atomic E-state index is -4.92. The molecule has 0 bridgehead atoms. The molecule has 1 N–H and O–H groups in total. The molecule has 1 aliphatic rings. The highest BCUT2D eigenvalue weighted by atomic mass is 19.4. The maximum absolute atomic E-state index is 12.1.